The molecule has 3 rings (SSSR count). The number of rotatable bonds is 6. The highest BCUT2D eigenvalue weighted by atomic mass is 16.2. The summed E-state index contributed by atoms with van der Waals surface area (Å²) < 4.78 is 0. The fourth-order valence-corrected chi connectivity index (χ4v) is 3.88. The highest BCUT2D eigenvalue weighted by Gasteiger charge is 2.29. The Labute approximate surface area is 170 Å². The maximum absolute atomic E-state index is 13.4. The van der Waals surface area contributed by atoms with Crippen LogP contribution >= 0.6 is 0 Å². The van der Waals surface area contributed by atoms with Gasteiger partial charge >= 0.3 is 0 Å². The number of nitrogens with zero attached hydrogens (tertiary/aromatic N) is 2. The Morgan fingerprint density at radius 1 is 0.964 bits per heavy atom. The Morgan fingerprint density at radius 2 is 1.50 bits per heavy atom. The van der Waals surface area contributed by atoms with Gasteiger partial charge in [-0.2, -0.15) is 0 Å². The number of amides is 1. The minimum atomic E-state index is 0.115. The fraction of sp³-hybridized carbons (Fsp3) is 0.480. The van der Waals surface area contributed by atoms with Gasteiger partial charge in [-0.15, -0.1) is 0 Å². The minimum Gasteiger partial charge on any atom is -0.305 e. The molecule has 0 unspecified atom stereocenters. The van der Waals surface area contributed by atoms with Crippen molar-refractivity contribution in [3.05, 3.63) is 65.2 Å². The van der Waals surface area contributed by atoms with Crippen LogP contribution in [0.1, 0.15) is 54.6 Å². The van der Waals surface area contributed by atoms with E-state index < -0.39 is 0 Å². The number of carbonyl (C=O) groups excluding carboxylic acids is 1. The second-order valence-electron chi connectivity index (χ2n) is 8.63. The Bertz CT molecular complexity index is 756. The summed E-state index contributed by atoms with van der Waals surface area (Å²) in [7, 11) is 0. The molecular weight excluding hydrogens is 344 g/mol. The summed E-state index contributed by atoms with van der Waals surface area (Å²) in [6.07, 6.45) is 3.31. The van der Waals surface area contributed by atoms with E-state index in [-0.39, 0.29) is 11.9 Å². The molecule has 150 valence electrons. The summed E-state index contributed by atoms with van der Waals surface area (Å²) in [5.74, 6) is 0.856. The van der Waals surface area contributed by atoms with E-state index in [0.29, 0.717) is 0 Å². The number of hydrogen-bond acceptors (Lipinski definition) is 2. The van der Waals surface area contributed by atoms with Gasteiger partial charge in [0.2, 0.25) is 0 Å². The molecule has 0 spiro atoms. The van der Waals surface area contributed by atoms with Gasteiger partial charge in [0.25, 0.3) is 5.91 Å². The van der Waals surface area contributed by atoms with Crippen LogP contribution < -0.4 is 4.90 Å². The largest absolute Gasteiger partial charge is 0.305 e. The van der Waals surface area contributed by atoms with Crippen LogP contribution in [0.25, 0.3) is 0 Å². The third kappa shape index (κ3) is 5.23. The summed E-state index contributed by atoms with van der Waals surface area (Å²) in [6, 6.07) is 16.6. The van der Waals surface area contributed by atoms with Crippen molar-refractivity contribution in [3.8, 4) is 0 Å². The lowest BCUT2D eigenvalue weighted by molar-refractivity contribution is 0.0959. The van der Waals surface area contributed by atoms with Crippen molar-refractivity contribution >= 4 is 11.6 Å². The molecule has 1 heterocycles. The average Bonchev–Trinajstić information content (AvgIpc) is 2.69. The molecule has 0 bridgehead atoms. The predicted molar refractivity (Wildman–Crippen MR) is 118 cm³/mol. The molecule has 1 saturated heterocycles. The standard InChI is InChI=1S/C25H34N2O/c1-19(2)13-16-26-17-14-24(15-18-26)27(23-11-7-21(4)8-12-23)25(28)22-9-5-20(3)6-10-22/h5-12,19,24H,13-18H2,1-4H3. The normalized spacial score (nSPS) is 15.8. The van der Waals surface area contributed by atoms with Crippen molar-refractivity contribution in [1.29, 1.82) is 0 Å². The van der Waals surface area contributed by atoms with Crippen LogP contribution in [0, 0.1) is 19.8 Å². The maximum atomic E-state index is 13.4. The summed E-state index contributed by atoms with van der Waals surface area (Å²) in [5, 5.41) is 0. The lowest BCUT2D eigenvalue weighted by Gasteiger charge is -2.39. The van der Waals surface area contributed by atoms with Crippen LogP contribution in [0.15, 0.2) is 48.5 Å². The van der Waals surface area contributed by atoms with Gasteiger partial charge in [-0.25, -0.2) is 0 Å². The van der Waals surface area contributed by atoms with E-state index in [2.05, 4.69) is 56.9 Å². The van der Waals surface area contributed by atoms with Gasteiger partial charge in [0.1, 0.15) is 0 Å². The van der Waals surface area contributed by atoms with Crippen molar-refractivity contribution in [2.45, 2.75) is 53.0 Å². The zero-order valence-electron chi connectivity index (χ0n) is 17.8. The molecule has 1 fully saturated rings. The van der Waals surface area contributed by atoms with Crippen molar-refractivity contribution < 1.29 is 4.79 Å². The molecule has 3 nitrogen and oxygen atoms in total. The van der Waals surface area contributed by atoms with E-state index in [0.717, 1.165) is 43.1 Å². The molecule has 3 heteroatoms. The molecule has 1 amide bonds. The molecule has 1 aliphatic rings. The van der Waals surface area contributed by atoms with Crippen molar-refractivity contribution in [3.63, 3.8) is 0 Å². The Kier molecular flexibility index (Phi) is 6.90. The number of hydrogen-bond donors (Lipinski definition) is 0. The maximum Gasteiger partial charge on any atom is 0.258 e. The summed E-state index contributed by atoms with van der Waals surface area (Å²) in [5.41, 5.74) is 4.18. The smallest absolute Gasteiger partial charge is 0.258 e. The van der Waals surface area contributed by atoms with E-state index >= 15 is 0 Å². The van der Waals surface area contributed by atoms with Gasteiger partial charge in [-0.3, -0.25) is 4.79 Å². The van der Waals surface area contributed by atoms with Gasteiger partial charge in [0.05, 0.1) is 0 Å². The molecule has 0 aromatic heterocycles. The fourth-order valence-electron chi connectivity index (χ4n) is 3.88. The first-order valence-electron chi connectivity index (χ1n) is 10.6. The first-order chi connectivity index (χ1) is 13.4. The first-order valence-corrected chi connectivity index (χ1v) is 10.6. The van der Waals surface area contributed by atoms with Crippen LogP contribution in [0.5, 0.6) is 0 Å². The summed E-state index contributed by atoms with van der Waals surface area (Å²) in [6.45, 7) is 12.0. The van der Waals surface area contributed by atoms with Crippen LogP contribution in [-0.2, 0) is 0 Å². The number of aryl methyl sites for hydroxylation is 2. The molecule has 0 saturated carbocycles. The van der Waals surface area contributed by atoms with Gasteiger partial charge in [0.15, 0.2) is 0 Å². The first kappa shape index (κ1) is 20.6. The van der Waals surface area contributed by atoms with Crippen molar-refractivity contribution in [1.82, 2.24) is 4.90 Å². The van der Waals surface area contributed by atoms with E-state index in [1.54, 1.807) is 0 Å². The molecule has 2 aromatic carbocycles. The molecule has 1 aliphatic heterocycles. The highest BCUT2D eigenvalue weighted by Crippen LogP contribution is 2.27. The molecule has 0 radical (unpaired) electrons. The zero-order chi connectivity index (χ0) is 20.1. The Hall–Kier alpha value is -2.13. The van der Waals surface area contributed by atoms with Crippen LogP contribution in [-0.4, -0.2) is 36.5 Å². The molecule has 2 aromatic rings. The molecule has 0 atom stereocenters. The molecule has 28 heavy (non-hydrogen) atoms. The minimum absolute atomic E-state index is 0.115. The van der Waals surface area contributed by atoms with E-state index in [1.165, 1.54) is 24.1 Å². The van der Waals surface area contributed by atoms with Crippen molar-refractivity contribution in [2.24, 2.45) is 5.92 Å². The molecule has 0 aliphatic carbocycles. The average molecular weight is 379 g/mol. The number of benzene rings is 2. The Morgan fingerprint density at radius 3 is 2.04 bits per heavy atom. The van der Waals surface area contributed by atoms with E-state index in [1.807, 2.05) is 29.2 Å². The van der Waals surface area contributed by atoms with Gasteiger partial charge in [-0.1, -0.05) is 49.2 Å². The van der Waals surface area contributed by atoms with Gasteiger partial charge < -0.3 is 9.80 Å². The van der Waals surface area contributed by atoms with E-state index in [4.69, 9.17) is 0 Å². The van der Waals surface area contributed by atoms with Crippen LogP contribution in [0.2, 0.25) is 0 Å². The topological polar surface area (TPSA) is 23.6 Å². The third-order valence-corrected chi connectivity index (χ3v) is 5.77. The lowest BCUT2D eigenvalue weighted by atomic mass is 9.99. The summed E-state index contributed by atoms with van der Waals surface area (Å²) in [4.78, 5) is 18.1. The number of likely N-dealkylation sites (tertiary alicyclic amines) is 1. The second-order valence-corrected chi connectivity index (χ2v) is 8.63. The molecule has 0 N–H and O–H groups in total. The lowest BCUT2D eigenvalue weighted by Crippen LogP contribution is -2.48. The third-order valence-electron chi connectivity index (χ3n) is 5.77. The zero-order valence-corrected chi connectivity index (χ0v) is 17.8. The van der Waals surface area contributed by atoms with Gasteiger partial charge in [-0.05, 0) is 69.8 Å². The van der Waals surface area contributed by atoms with E-state index in [9.17, 15) is 4.79 Å². The summed E-state index contributed by atoms with van der Waals surface area (Å²) >= 11 is 0. The highest BCUT2D eigenvalue weighted by molar-refractivity contribution is 6.06. The number of carbonyl (C=O) groups is 1. The number of anilines is 1. The predicted octanol–water partition coefficient (Wildman–Crippen LogP) is 5.46. The second kappa shape index (κ2) is 9.38. The number of piperidine rings is 1. The van der Waals surface area contributed by atoms with Crippen molar-refractivity contribution in [2.75, 3.05) is 24.5 Å². The molecular formula is C25H34N2O. The quantitative estimate of drug-likeness (QED) is 0.666. The Balaban J connectivity index is 1.78. The van der Waals surface area contributed by atoms with Gasteiger partial charge in [0, 0.05) is 30.4 Å². The monoisotopic (exact) mass is 378 g/mol. The SMILES string of the molecule is Cc1ccc(C(=O)N(c2ccc(C)cc2)C2CCN(CCC(C)C)CC2)cc1. The van der Waals surface area contributed by atoms with Crippen LogP contribution in [0.4, 0.5) is 5.69 Å². The van der Waals surface area contributed by atoms with Crippen LogP contribution in [0.3, 0.4) is 0 Å².